The lowest BCUT2D eigenvalue weighted by atomic mass is 9.79. The molecule has 0 radical (unpaired) electrons. The third-order valence-corrected chi connectivity index (χ3v) is 4.83. The van der Waals surface area contributed by atoms with Crippen LogP contribution < -0.4 is 0 Å². The van der Waals surface area contributed by atoms with Crippen LogP contribution in [0.15, 0.2) is 23.3 Å². The van der Waals surface area contributed by atoms with E-state index in [2.05, 4.69) is 0 Å². The Balaban J connectivity index is 2.07. The van der Waals surface area contributed by atoms with Crippen molar-refractivity contribution in [2.24, 2.45) is 11.3 Å². The predicted octanol–water partition coefficient (Wildman–Crippen LogP) is 2.21. The molecule has 96 valence electrons. The molecule has 1 spiro atoms. The first-order valence-corrected chi connectivity index (χ1v) is 6.46. The third-order valence-electron chi connectivity index (χ3n) is 4.83. The monoisotopic (exact) mass is 246 g/mol. The van der Waals surface area contributed by atoms with Gasteiger partial charge >= 0.3 is 0 Å². The van der Waals surface area contributed by atoms with E-state index in [4.69, 9.17) is 4.74 Å². The SMILES string of the molecule is CC=C(C)C1=CC(=O)C23CC2C(C)(C)OC3C1=O. The first-order chi connectivity index (χ1) is 8.34. The van der Waals surface area contributed by atoms with Crippen LogP contribution in [0.3, 0.4) is 0 Å². The lowest BCUT2D eigenvalue weighted by Gasteiger charge is -2.28. The van der Waals surface area contributed by atoms with Gasteiger partial charge in [0.1, 0.15) is 6.10 Å². The fourth-order valence-corrected chi connectivity index (χ4v) is 3.56. The molecule has 3 rings (SSSR count). The van der Waals surface area contributed by atoms with Gasteiger partial charge in [-0.25, -0.2) is 0 Å². The molecule has 0 aromatic heterocycles. The van der Waals surface area contributed by atoms with Crippen molar-refractivity contribution in [3.63, 3.8) is 0 Å². The average molecular weight is 246 g/mol. The van der Waals surface area contributed by atoms with E-state index < -0.39 is 11.5 Å². The normalized spacial score (nSPS) is 41.3. The molecule has 2 fully saturated rings. The Labute approximate surface area is 107 Å². The zero-order chi connectivity index (χ0) is 13.3. The molecule has 1 aliphatic heterocycles. The van der Waals surface area contributed by atoms with Crippen molar-refractivity contribution in [1.29, 1.82) is 0 Å². The lowest BCUT2D eigenvalue weighted by molar-refractivity contribution is -0.142. The second kappa shape index (κ2) is 3.21. The zero-order valence-corrected chi connectivity index (χ0v) is 11.2. The predicted molar refractivity (Wildman–Crippen MR) is 67.0 cm³/mol. The molecule has 0 N–H and O–H groups in total. The van der Waals surface area contributed by atoms with Gasteiger partial charge in [0.25, 0.3) is 0 Å². The number of carbonyl (C=O) groups excluding carboxylic acids is 2. The molecule has 1 heterocycles. The van der Waals surface area contributed by atoms with E-state index in [-0.39, 0.29) is 23.1 Å². The molecule has 3 nitrogen and oxygen atoms in total. The number of Topliss-reactive ketones (excluding diaryl/α,β-unsaturated/α-hetero) is 1. The molecule has 0 bridgehead atoms. The van der Waals surface area contributed by atoms with Gasteiger partial charge in [0.2, 0.25) is 0 Å². The van der Waals surface area contributed by atoms with Gasteiger partial charge in [-0.15, -0.1) is 0 Å². The summed E-state index contributed by atoms with van der Waals surface area (Å²) in [6.45, 7) is 7.69. The van der Waals surface area contributed by atoms with Crippen LogP contribution in [0.5, 0.6) is 0 Å². The van der Waals surface area contributed by atoms with E-state index in [1.165, 1.54) is 0 Å². The summed E-state index contributed by atoms with van der Waals surface area (Å²) < 4.78 is 5.87. The Morgan fingerprint density at radius 3 is 2.67 bits per heavy atom. The Bertz CT molecular complexity index is 524. The molecule has 3 atom stereocenters. The minimum atomic E-state index is -0.556. The van der Waals surface area contributed by atoms with Gasteiger partial charge in [0.15, 0.2) is 11.6 Å². The van der Waals surface area contributed by atoms with E-state index in [0.29, 0.717) is 5.57 Å². The smallest absolute Gasteiger partial charge is 0.193 e. The molecular weight excluding hydrogens is 228 g/mol. The van der Waals surface area contributed by atoms with Crippen molar-refractivity contribution in [2.75, 3.05) is 0 Å². The van der Waals surface area contributed by atoms with Crippen molar-refractivity contribution in [2.45, 2.75) is 45.8 Å². The molecule has 0 aromatic carbocycles. The Morgan fingerprint density at radius 2 is 2.11 bits per heavy atom. The highest BCUT2D eigenvalue weighted by molar-refractivity contribution is 6.17. The van der Waals surface area contributed by atoms with Gasteiger partial charge in [0, 0.05) is 11.5 Å². The highest BCUT2D eigenvalue weighted by Crippen LogP contribution is 2.69. The molecule has 2 aliphatic carbocycles. The molecule has 18 heavy (non-hydrogen) atoms. The fourth-order valence-electron chi connectivity index (χ4n) is 3.56. The van der Waals surface area contributed by atoms with E-state index in [9.17, 15) is 9.59 Å². The van der Waals surface area contributed by atoms with Crippen molar-refractivity contribution in [1.82, 2.24) is 0 Å². The van der Waals surface area contributed by atoms with Crippen molar-refractivity contribution >= 4 is 11.6 Å². The van der Waals surface area contributed by atoms with E-state index in [1.807, 2.05) is 33.8 Å². The highest BCUT2D eigenvalue weighted by atomic mass is 16.5. The zero-order valence-electron chi connectivity index (χ0n) is 11.2. The third kappa shape index (κ3) is 1.18. The van der Waals surface area contributed by atoms with Gasteiger partial charge in [-0.1, -0.05) is 6.08 Å². The van der Waals surface area contributed by atoms with Gasteiger partial charge in [0.05, 0.1) is 11.0 Å². The van der Waals surface area contributed by atoms with Crippen LogP contribution in [0.4, 0.5) is 0 Å². The number of hydrogen-bond donors (Lipinski definition) is 0. The molecule has 3 unspecified atom stereocenters. The molecule has 0 aromatic rings. The highest BCUT2D eigenvalue weighted by Gasteiger charge is 2.77. The topological polar surface area (TPSA) is 43.4 Å². The van der Waals surface area contributed by atoms with Crippen LogP contribution in [0.2, 0.25) is 0 Å². The van der Waals surface area contributed by atoms with Crippen LogP contribution in [-0.4, -0.2) is 23.3 Å². The number of ketones is 2. The summed E-state index contributed by atoms with van der Waals surface area (Å²) in [6, 6.07) is 0. The summed E-state index contributed by atoms with van der Waals surface area (Å²) in [5.41, 5.74) is 0.497. The second-order valence-electron chi connectivity index (χ2n) is 6.16. The summed E-state index contributed by atoms with van der Waals surface area (Å²) in [6.07, 6.45) is 3.65. The maximum absolute atomic E-state index is 12.5. The van der Waals surface area contributed by atoms with E-state index in [1.54, 1.807) is 6.08 Å². The van der Waals surface area contributed by atoms with Crippen LogP contribution in [0, 0.1) is 11.3 Å². The van der Waals surface area contributed by atoms with Gasteiger partial charge < -0.3 is 4.74 Å². The van der Waals surface area contributed by atoms with Gasteiger partial charge in [-0.3, -0.25) is 9.59 Å². The summed E-state index contributed by atoms with van der Waals surface area (Å²) in [4.78, 5) is 24.9. The standard InChI is InChI=1S/C15H18O3/c1-5-8(2)9-6-11(16)15-7-10(15)14(3,4)18-13(15)12(9)17/h5-6,10,13H,7H2,1-4H3. The van der Waals surface area contributed by atoms with Crippen LogP contribution >= 0.6 is 0 Å². The molecule has 3 aliphatic rings. The van der Waals surface area contributed by atoms with E-state index in [0.717, 1.165) is 12.0 Å². The lowest BCUT2D eigenvalue weighted by Crippen LogP contribution is -2.41. The fraction of sp³-hybridized carbons (Fsp3) is 0.600. The van der Waals surface area contributed by atoms with Crippen molar-refractivity contribution in [3.8, 4) is 0 Å². The largest absolute Gasteiger partial charge is 0.363 e. The molecule has 0 amide bonds. The first-order valence-electron chi connectivity index (χ1n) is 6.46. The van der Waals surface area contributed by atoms with Gasteiger partial charge in [-0.2, -0.15) is 0 Å². The maximum Gasteiger partial charge on any atom is 0.193 e. The summed E-state index contributed by atoms with van der Waals surface area (Å²) in [5, 5.41) is 0. The summed E-state index contributed by atoms with van der Waals surface area (Å²) in [5.74, 6) is 0.271. The van der Waals surface area contributed by atoms with Crippen molar-refractivity contribution < 1.29 is 14.3 Å². The minimum Gasteiger partial charge on any atom is -0.363 e. The summed E-state index contributed by atoms with van der Waals surface area (Å²) in [7, 11) is 0. The van der Waals surface area contributed by atoms with Crippen LogP contribution in [0.25, 0.3) is 0 Å². The molecule has 3 heteroatoms. The minimum absolute atomic E-state index is 0.0155. The number of hydrogen-bond acceptors (Lipinski definition) is 3. The van der Waals surface area contributed by atoms with Crippen LogP contribution in [-0.2, 0) is 14.3 Å². The Kier molecular flexibility index (Phi) is 2.11. The first kappa shape index (κ1) is 11.8. The number of carbonyl (C=O) groups is 2. The molecule has 1 saturated carbocycles. The maximum atomic E-state index is 12.5. The summed E-state index contributed by atoms with van der Waals surface area (Å²) >= 11 is 0. The number of rotatable bonds is 1. The van der Waals surface area contributed by atoms with Crippen molar-refractivity contribution in [3.05, 3.63) is 23.3 Å². The second-order valence-corrected chi connectivity index (χ2v) is 6.16. The Hall–Kier alpha value is -1.22. The molecule has 1 saturated heterocycles. The quantitative estimate of drug-likeness (QED) is 0.712. The Morgan fingerprint density at radius 1 is 1.44 bits per heavy atom. The average Bonchev–Trinajstić information content (AvgIpc) is 3.02. The van der Waals surface area contributed by atoms with E-state index >= 15 is 0 Å². The van der Waals surface area contributed by atoms with Gasteiger partial charge in [-0.05, 0) is 45.8 Å². The molecular formula is C15H18O3. The number of ether oxygens (including phenoxy) is 1. The van der Waals surface area contributed by atoms with Crippen LogP contribution in [0.1, 0.15) is 34.1 Å². The number of allylic oxidation sites excluding steroid dienone is 3.